The smallest absolute Gasteiger partial charge is 0.358 e. The SMILES string of the molecule is CCN=S(=O)(c1ccc(S(=O)(=O)Nc2ccc(Cl)c3c(Cl)c[nH]c23)cc1)C1CCN(C(=O)C(F)(F)F)CC1. The zero-order valence-corrected chi connectivity index (χ0v) is 23.0. The van der Waals surface area contributed by atoms with Gasteiger partial charge in [0.1, 0.15) is 0 Å². The number of piperidine rings is 1. The van der Waals surface area contributed by atoms with Crippen LogP contribution in [0.1, 0.15) is 19.8 Å². The van der Waals surface area contributed by atoms with Crippen molar-refractivity contribution in [3.05, 3.63) is 52.6 Å². The molecule has 1 amide bonds. The van der Waals surface area contributed by atoms with Crippen molar-refractivity contribution in [1.82, 2.24) is 9.88 Å². The van der Waals surface area contributed by atoms with Gasteiger partial charge in [0.15, 0.2) is 0 Å². The third kappa shape index (κ3) is 5.47. The van der Waals surface area contributed by atoms with Crippen molar-refractivity contribution in [2.45, 2.75) is 41.0 Å². The number of carbonyl (C=O) groups is 1. The highest BCUT2D eigenvalue weighted by molar-refractivity contribution is 7.94. The van der Waals surface area contributed by atoms with Gasteiger partial charge in [0, 0.05) is 36.1 Å². The van der Waals surface area contributed by atoms with Gasteiger partial charge in [0.2, 0.25) is 0 Å². The van der Waals surface area contributed by atoms with Crippen LogP contribution < -0.4 is 4.72 Å². The number of rotatable bonds is 6. The number of aromatic amines is 1. The van der Waals surface area contributed by atoms with Gasteiger partial charge in [-0.05, 0) is 56.2 Å². The summed E-state index contributed by atoms with van der Waals surface area (Å²) in [4.78, 5) is 15.3. The van der Waals surface area contributed by atoms with Crippen LogP contribution in [0.4, 0.5) is 18.9 Å². The predicted molar refractivity (Wildman–Crippen MR) is 141 cm³/mol. The fraction of sp³-hybridized carbons (Fsp3) is 0.348. The molecule has 1 unspecified atom stereocenters. The normalized spacial score (nSPS) is 16.8. The fourth-order valence-electron chi connectivity index (χ4n) is 4.39. The van der Waals surface area contributed by atoms with Crippen molar-refractivity contribution in [3.8, 4) is 0 Å². The van der Waals surface area contributed by atoms with E-state index in [0.29, 0.717) is 25.8 Å². The lowest BCUT2D eigenvalue weighted by Crippen LogP contribution is -2.47. The van der Waals surface area contributed by atoms with Crippen LogP contribution in [-0.2, 0) is 24.5 Å². The number of H-pyrrole nitrogens is 1. The minimum absolute atomic E-state index is 0.0665. The lowest BCUT2D eigenvalue weighted by molar-refractivity contribution is -0.186. The van der Waals surface area contributed by atoms with Crippen LogP contribution in [0.15, 0.2) is 56.7 Å². The van der Waals surface area contributed by atoms with E-state index in [-0.39, 0.29) is 48.0 Å². The molecule has 1 aromatic heterocycles. The second-order valence-electron chi connectivity index (χ2n) is 8.56. The summed E-state index contributed by atoms with van der Waals surface area (Å²) in [5.74, 6) is -1.92. The van der Waals surface area contributed by atoms with Crippen molar-refractivity contribution < 1.29 is 30.6 Å². The molecule has 1 saturated heterocycles. The number of hydrogen-bond donors (Lipinski definition) is 2. The summed E-state index contributed by atoms with van der Waals surface area (Å²) in [7, 11) is -7.17. The van der Waals surface area contributed by atoms with Crippen molar-refractivity contribution in [2.24, 2.45) is 4.36 Å². The number of nitrogens with one attached hydrogen (secondary N) is 2. The van der Waals surface area contributed by atoms with Crippen LogP contribution in [0, 0.1) is 0 Å². The minimum atomic E-state index is -4.97. The number of nitrogens with zero attached hydrogens (tertiary/aromatic N) is 2. The van der Waals surface area contributed by atoms with E-state index in [9.17, 15) is 30.6 Å². The van der Waals surface area contributed by atoms with E-state index in [0.717, 1.165) is 0 Å². The zero-order chi connectivity index (χ0) is 27.9. The number of sulfonamides is 1. The van der Waals surface area contributed by atoms with E-state index < -0.39 is 37.1 Å². The summed E-state index contributed by atoms with van der Waals surface area (Å²) in [5.41, 5.74) is 0.633. The van der Waals surface area contributed by atoms with Gasteiger partial charge >= 0.3 is 12.1 Å². The standard InChI is InChI=1S/C23H23Cl2F3N4O4S2/c1-2-30-37(34,15-9-11-32(12-10-15)22(33)23(26,27)28)14-3-5-16(6-4-14)38(35,36)31-19-8-7-17(24)20-18(25)13-29-21(19)20/h3-8,13,15,29,31H,2,9-12H2,1H3. The maximum atomic E-state index is 14.0. The van der Waals surface area contributed by atoms with Gasteiger partial charge in [-0.2, -0.15) is 13.2 Å². The minimum Gasteiger partial charge on any atom is -0.358 e. The Bertz CT molecular complexity index is 1590. The quantitative estimate of drug-likeness (QED) is 0.374. The molecule has 0 saturated carbocycles. The van der Waals surface area contributed by atoms with Crippen LogP contribution in [0.25, 0.3) is 10.9 Å². The lowest BCUT2D eigenvalue weighted by Gasteiger charge is -2.33. The first-order valence-electron chi connectivity index (χ1n) is 11.4. The maximum Gasteiger partial charge on any atom is 0.471 e. The Hall–Kier alpha value is -2.48. The van der Waals surface area contributed by atoms with Gasteiger partial charge in [-0.25, -0.2) is 17.0 Å². The molecule has 0 bridgehead atoms. The number of likely N-dealkylation sites (tertiary alicyclic amines) is 1. The highest BCUT2D eigenvalue weighted by atomic mass is 35.5. The zero-order valence-electron chi connectivity index (χ0n) is 19.9. The molecule has 2 aromatic carbocycles. The summed E-state index contributed by atoms with van der Waals surface area (Å²) in [6.07, 6.45) is -3.35. The number of amides is 1. The molecule has 2 N–H and O–H groups in total. The molecule has 38 heavy (non-hydrogen) atoms. The van der Waals surface area contributed by atoms with Crippen LogP contribution in [0.3, 0.4) is 0 Å². The van der Waals surface area contributed by atoms with Gasteiger partial charge in [-0.15, -0.1) is 0 Å². The summed E-state index contributed by atoms with van der Waals surface area (Å²) in [6.45, 7) is 1.47. The number of halogens is 5. The molecule has 4 rings (SSSR count). The average Bonchev–Trinajstić information content (AvgIpc) is 3.27. The Labute approximate surface area is 227 Å². The average molecular weight is 611 g/mol. The molecular formula is C23H23Cl2F3N4O4S2. The molecule has 15 heteroatoms. The summed E-state index contributed by atoms with van der Waals surface area (Å²) < 4.78 is 85.3. The van der Waals surface area contributed by atoms with Crippen LogP contribution in [0.5, 0.6) is 0 Å². The molecule has 1 atom stereocenters. The largest absolute Gasteiger partial charge is 0.471 e. The topological polar surface area (TPSA) is 112 Å². The maximum absolute atomic E-state index is 14.0. The van der Waals surface area contributed by atoms with E-state index in [1.807, 2.05) is 0 Å². The van der Waals surface area contributed by atoms with E-state index in [1.165, 1.54) is 42.6 Å². The summed E-state index contributed by atoms with van der Waals surface area (Å²) >= 11 is 12.3. The molecule has 1 aliphatic heterocycles. The number of hydrogen-bond acceptors (Lipinski definition) is 5. The molecule has 1 aliphatic rings. The van der Waals surface area contributed by atoms with E-state index in [2.05, 4.69) is 14.1 Å². The molecule has 3 aromatic rings. The molecule has 0 spiro atoms. The number of alkyl halides is 3. The number of carbonyl (C=O) groups excluding carboxylic acids is 1. The monoisotopic (exact) mass is 610 g/mol. The molecule has 2 heterocycles. The Morgan fingerprint density at radius 3 is 2.24 bits per heavy atom. The van der Waals surface area contributed by atoms with E-state index >= 15 is 0 Å². The molecule has 1 fully saturated rings. The van der Waals surface area contributed by atoms with E-state index in [4.69, 9.17) is 23.2 Å². The molecule has 8 nitrogen and oxygen atoms in total. The summed E-state index contributed by atoms with van der Waals surface area (Å²) in [5, 5.41) is 0.549. The third-order valence-corrected chi connectivity index (χ3v) is 11.2. The van der Waals surface area contributed by atoms with Crippen LogP contribution in [-0.4, -0.2) is 59.5 Å². The molecule has 0 radical (unpaired) electrons. The van der Waals surface area contributed by atoms with Crippen molar-refractivity contribution in [2.75, 3.05) is 24.4 Å². The second-order valence-corrected chi connectivity index (χ2v) is 13.6. The Balaban J connectivity index is 1.57. The Kier molecular flexibility index (Phi) is 7.95. The summed E-state index contributed by atoms with van der Waals surface area (Å²) in [6, 6.07) is 8.38. The molecular weight excluding hydrogens is 588 g/mol. The Morgan fingerprint density at radius 2 is 1.66 bits per heavy atom. The van der Waals surface area contributed by atoms with Gasteiger partial charge < -0.3 is 9.88 Å². The Morgan fingerprint density at radius 1 is 1.05 bits per heavy atom. The number of anilines is 1. The first-order chi connectivity index (χ1) is 17.8. The number of benzene rings is 2. The van der Waals surface area contributed by atoms with Crippen molar-refractivity contribution >= 4 is 65.5 Å². The van der Waals surface area contributed by atoms with Crippen LogP contribution in [0.2, 0.25) is 10.0 Å². The first-order valence-corrected chi connectivity index (χ1v) is 15.3. The lowest BCUT2D eigenvalue weighted by atomic mass is 10.1. The van der Waals surface area contributed by atoms with Gasteiger partial charge in [-0.3, -0.25) is 9.52 Å². The molecule has 206 valence electrons. The van der Waals surface area contributed by atoms with Gasteiger partial charge in [0.05, 0.1) is 41.1 Å². The predicted octanol–water partition coefficient (Wildman–Crippen LogP) is 5.68. The van der Waals surface area contributed by atoms with Crippen molar-refractivity contribution in [3.63, 3.8) is 0 Å². The fourth-order valence-corrected chi connectivity index (χ4v) is 8.53. The highest BCUT2D eigenvalue weighted by Gasteiger charge is 2.44. The van der Waals surface area contributed by atoms with Gasteiger partial charge in [-0.1, -0.05) is 23.2 Å². The van der Waals surface area contributed by atoms with E-state index in [1.54, 1.807) is 6.92 Å². The third-order valence-electron chi connectivity index (χ3n) is 6.20. The highest BCUT2D eigenvalue weighted by Crippen LogP contribution is 2.36. The number of fused-ring (bicyclic) bond motifs is 1. The number of aromatic nitrogens is 1. The van der Waals surface area contributed by atoms with Crippen LogP contribution >= 0.6 is 23.2 Å². The second kappa shape index (κ2) is 10.6. The first kappa shape index (κ1) is 28.5. The van der Waals surface area contributed by atoms with Gasteiger partial charge in [0.25, 0.3) is 10.0 Å². The van der Waals surface area contributed by atoms with Crippen molar-refractivity contribution in [1.29, 1.82) is 0 Å². The molecule has 0 aliphatic carbocycles.